The summed E-state index contributed by atoms with van der Waals surface area (Å²) in [6, 6.07) is 2.91. The molecular formula is C8H8BrClFOP. The first-order valence-corrected chi connectivity index (χ1v) is 7.29. The van der Waals surface area contributed by atoms with E-state index in [1.807, 2.05) is 0 Å². The van der Waals surface area contributed by atoms with Crippen LogP contribution < -0.4 is 5.30 Å². The molecular weight excluding hydrogens is 277 g/mol. The second kappa shape index (κ2) is 3.72. The van der Waals surface area contributed by atoms with Gasteiger partial charge in [-0.15, -0.1) is 0 Å². The van der Waals surface area contributed by atoms with Crippen molar-refractivity contribution in [1.82, 2.24) is 0 Å². The van der Waals surface area contributed by atoms with Gasteiger partial charge in [0.15, 0.2) is 5.82 Å². The fraction of sp³-hybridized carbons (Fsp3) is 0.250. The molecule has 1 nitrogen and oxygen atoms in total. The number of rotatable bonds is 1. The van der Waals surface area contributed by atoms with Crippen LogP contribution in [0.2, 0.25) is 5.02 Å². The number of hydrogen-bond acceptors (Lipinski definition) is 1. The minimum Gasteiger partial charge on any atom is -0.319 e. The van der Waals surface area contributed by atoms with E-state index >= 15 is 0 Å². The molecule has 0 saturated heterocycles. The predicted octanol–water partition coefficient (Wildman–Crippen LogP) is 3.49. The molecule has 0 aromatic heterocycles. The van der Waals surface area contributed by atoms with Gasteiger partial charge in [-0.1, -0.05) is 11.6 Å². The Hall–Kier alpha value is 0.150. The number of benzene rings is 1. The lowest BCUT2D eigenvalue weighted by Gasteiger charge is -2.08. The molecule has 0 unspecified atom stereocenters. The van der Waals surface area contributed by atoms with Crippen molar-refractivity contribution in [3.8, 4) is 0 Å². The lowest BCUT2D eigenvalue weighted by atomic mass is 10.3. The molecule has 5 heteroatoms. The van der Waals surface area contributed by atoms with Crippen molar-refractivity contribution in [1.29, 1.82) is 0 Å². The largest absolute Gasteiger partial charge is 0.319 e. The van der Waals surface area contributed by atoms with E-state index < -0.39 is 13.0 Å². The molecule has 0 radical (unpaired) electrons. The molecule has 0 bridgehead atoms. The van der Waals surface area contributed by atoms with Crippen LogP contribution in [0.4, 0.5) is 4.39 Å². The Morgan fingerprint density at radius 2 is 2.00 bits per heavy atom. The fourth-order valence-electron chi connectivity index (χ4n) is 0.853. The average Bonchev–Trinajstić information content (AvgIpc) is 1.97. The Kier molecular flexibility index (Phi) is 3.21. The molecule has 0 heterocycles. The first kappa shape index (κ1) is 11.2. The van der Waals surface area contributed by atoms with Gasteiger partial charge < -0.3 is 4.57 Å². The van der Waals surface area contributed by atoms with Gasteiger partial charge in [0.25, 0.3) is 0 Å². The second-order valence-corrected chi connectivity index (χ2v) is 7.55. The van der Waals surface area contributed by atoms with Crippen LogP contribution in [-0.2, 0) is 4.57 Å². The quantitative estimate of drug-likeness (QED) is 0.570. The molecule has 0 aliphatic rings. The zero-order valence-corrected chi connectivity index (χ0v) is 10.4. The summed E-state index contributed by atoms with van der Waals surface area (Å²) in [5, 5.41) is 0.569. The van der Waals surface area contributed by atoms with Crippen LogP contribution in [0, 0.1) is 5.82 Å². The smallest absolute Gasteiger partial charge is 0.155 e. The fourth-order valence-corrected chi connectivity index (χ4v) is 2.78. The van der Waals surface area contributed by atoms with Crippen LogP contribution in [-0.4, -0.2) is 13.3 Å². The minimum absolute atomic E-state index is 0.00620. The van der Waals surface area contributed by atoms with Crippen molar-refractivity contribution in [2.75, 3.05) is 13.3 Å². The van der Waals surface area contributed by atoms with Crippen molar-refractivity contribution in [3.63, 3.8) is 0 Å². The molecule has 0 spiro atoms. The molecule has 0 N–H and O–H groups in total. The zero-order chi connectivity index (χ0) is 10.2. The van der Waals surface area contributed by atoms with Gasteiger partial charge in [0.05, 0.1) is 9.50 Å². The second-order valence-electron chi connectivity index (χ2n) is 3.07. The first-order chi connectivity index (χ1) is 5.82. The highest BCUT2D eigenvalue weighted by Crippen LogP contribution is 2.37. The van der Waals surface area contributed by atoms with Crippen LogP contribution >= 0.6 is 34.7 Å². The van der Waals surface area contributed by atoms with E-state index in [0.29, 0.717) is 5.30 Å². The summed E-state index contributed by atoms with van der Waals surface area (Å²) < 4.78 is 24.9. The summed E-state index contributed by atoms with van der Waals surface area (Å²) >= 11 is 8.61. The zero-order valence-electron chi connectivity index (χ0n) is 7.14. The van der Waals surface area contributed by atoms with E-state index in [4.69, 9.17) is 11.6 Å². The Bertz CT molecular complexity index is 365. The summed E-state index contributed by atoms with van der Waals surface area (Å²) in [5.74, 6) is -0.515. The number of hydrogen-bond donors (Lipinski definition) is 0. The SMILES string of the molecule is CP(C)(=O)c1cc(Cl)c(F)c(Br)c1. The Morgan fingerprint density at radius 1 is 1.46 bits per heavy atom. The van der Waals surface area contributed by atoms with Gasteiger partial charge in [0, 0.05) is 5.30 Å². The van der Waals surface area contributed by atoms with Crippen molar-refractivity contribution in [2.45, 2.75) is 0 Å². The third kappa shape index (κ3) is 2.55. The molecule has 1 aromatic carbocycles. The van der Waals surface area contributed by atoms with Gasteiger partial charge in [0.1, 0.15) is 7.14 Å². The van der Waals surface area contributed by atoms with Gasteiger partial charge >= 0.3 is 0 Å². The normalized spacial score (nSPS) is 11.8. The molecule has 0 aliphatic carbocycles. The summed E-state index contributed by atoms with van der Waals surface area (Å²) in [6.07, 6.45) is 0. The van der Waals surface area contributed by atoms with Gasteiger partial charge in [-0.3, -0.25) is 0 Å². The maximum absolute atomic E-state index is 13.0. The summed E-state index contributed by atoms with van der Waals surface area (Å²) in [6.45, 7) is 3.23. The van der Waals surface area contributed by atoms with Crippen molar-refractivity contribution < 1.29 is 8.96 Å². The van der Waals surface area contributed by atoms with E-state index in [1.165, 1.54) is 12.1 Å². The monoisotopic (exact) mass is 284 g/mol. The Labute approximate surface area is 89.8 Å². The standard InChI is InChI=1S/C8H8BrClFOP/c1-13(2,12)5-3-6(9)8(11)7(10)4-5/h3-4H,1-2H3. The van der Waals surface area contributed by atoms with Crippen LogP contribution in [0.1, 0.15) is 0 Å². The highest BCUT2D eigenvalue weighted by molar-refractivity contribution is 9.10. The maximum atomic E-state index is 13.0. The van der Waals surface area contributed by atoms with Crippen LogP contribution in [0.15, 0.2) is 16.6 Å². The van der Waals surface area contributed by atoms with Crippen LogP contribution in [0.25, 0.3) is 0 Å². The molecule has 0 aliphatic heterocycles. The first-order valence-electron chi connectivity index (χ1n) is 3.52. The molecule has 13 heavy (non-hydrogen) atoms. The highest BCUT2D eigenvalue weighted by Gasteiger charge is 2.15. The Morgan fingerprint density at radius 3 is 2.38 bits per heavy atom. The molecule has 0 atom stereocenters. The molecule has 0 saturated carbocycles. The van der Waals surface area contributed by atoms with Crippen LogP contribution in [0.5, 0.6) is 0 Å². The van der Waals surface area contributed by atoms with Crippen molar-refractivity contribution in [3.05, 3.63) is 27.4 Å². The van der Waals surface area contributed by atoms with Gasteiger partial charge in [-0.2, -0.15) is 0 Å². The average molecular weight is 285 g/mol. The molecule has 1 rings (SSSR count). The lowest BCUT2D eigenvalue weighted by Crippen LogP contribution is -2.03. The van der Waals surface area contributed by atoms with Crippen LogP contribution in [0.3, 0.4) is 0 Å². The van der Waals surface area contributed by atoms with E-state index in [9.17, 15) is 8.96 Å². The van der Waals surface area contributed by atoms with Gasteiger partial charge in [-0.25, -0.2) is 4.39 Å². The topological polar surface area (TPSA) is 17.1 Å². The Balaban J connectivity index is 3.38. The summed E-state index contributed by atoms with van der Waals surface area (Å²) in [5.41, 5.74) is 0. The predicted molar refractivity (Wildman–Crippen MR) is 58.2 cm³/mol. The maximum Gasteiger partial charge on any atom is 0.155 e. The minimum atomic E-state index is -2.37. The van der Waals surface area contributed by atoms with Gasteiger partial charge in [0.2, 0.25) is 0 Å². The summed E-state index contributed by atoms with van der Waals surface area (Å²) in [4.78, 5) is 0. The molecule has 0 fully saturated rings. The van der Waals surface area contributed by atoms with E-state index in [1.54, 1.807) is 13.3 Å². The van der Waals surface area contributed by atoms with E-state index in [-0.39, 0.29) is 9.50 Å². The van der Waals surface area contributed by atoms with Gasteiger partial charge in [-0.05, 0) is 41.4 Å². The third-order valence-electron chi connectivity index (χ3n) is 1.59. The molecule has 0 amide bonds. The highest BCUT2D eigenvalue weighted by atomic mass is 79.9. The van der Waals surface area contributed by atoms with Crippen molar-refractivity contribution in [2.24, 2.45) is 0 Å². The molecule has 72 valence electrons. The van der Waals surface area contributed by atoms with Crippen molar-refractivity contribution >= 4 is 40.0 Å². The molecule has 1 aromatic rings. The van der Waals surface area contributed by atoms with E-state index in [0.717, 1.165) is 0 Å². The lowest BCUT2D eigenvalue weighted by molar-refractivity contribution is 0.588. The third-order valence-corrected chi connectivity index (χ3v) is 3.94. The van der Waals surface area contributed by atoms with E-state index in [2.05, 4.69) is 15.9 Å². The number of halogens is 3. The summed E-state index contributed by atoms with van der Waals surface area (Å²) in [7, 11) is -2.37.